The Bertz CT molecular complexity index is 396. The highest BCUT2D eigenvalue weighted by atomic mass is 16.3. The number of benzene rings is 1. The van der Waals surface area contributed by atoms with Crippen molar-refractivity contribution < 1.29 is 9.90 Å². The topological polar surface area (TPSA) is 78.6 Å². The van der Waals surface area contributed by atoms with Crippen LogP contribution in [0.25, 0.3) is 0 Å². The van der Waals surface area contributed by atoms with E-state index in [-0.39, 0.29) is 18.4 Å². The van der Waals surface area contributed by atoms with Gasteiger partial charge >= 0.3 is 0 Å². The van der Waals surface area contributed by atoms with Crippen molar-refractivity contribution in [3.05, 3.63) is 35.9 Å². The number of aliphatic hydroxyl groups is 1. The molecule has 1 heterocycles. The van der Waals surface area contributed by atoms with Crippen LogP contribution in [0.5, 0.6) is 0 Å². The molecule has 98 valence electrons. The number of nitrogens with two attached hydrogens (primary N) is 1. The SMILES string of the molecule is N[C@@H](CC(=O)N1CCN[C@@H](O)C1)c1ccccc1. The van der Waals surface area contributed by atoms with Gasteiger partial charge in [-0.2, -0.15) is 0 Å². The highest BCUT2D eigenvalue weighted by molar-refractivity contribution is 5.77. The number of piperazine rings is 1. The van der Waals surface area contributed by atoms with E-state index in [2.05, 4.69) is 5.32 Å². The number of β-amino-alcohol motifs (C(OH)–C–C–N with tert-alkyl or cyclic N) is 1. The number of hydrogen-bond acceptors (Lipinski definition) is 4. The van der Waals surface area contributed by atoms with Crippen molar-refractivity contribution >= 4 is 5.91 Å². The fraction of sp³-hybridized carbons (Fsp3) is 0.462. The predicted molar refractivity (Wildman–Crippen MR) is 68.6 cm³/mol. The summed E-state index contributed by atoms with van der Waals surface area (Å²) in [7, 11) is 0. The standard InChI is InChI=1S/C13H19N3O2/c14-11(10-4-2-1-3-5-10)8-13(18)16-7-6-15-12(17)9-16/h1-5,11-12,15,17H,6-9,14H2/t11-,12-/m0/s1. The van der Waals surface area contributed by atoms with E-state index in [9.17, 15) is 9.90 Å². The minimum Gasteiger partial charge on any atom is -0.377 e. The lowest BCUT2D eigenvalue weighted by atomic mass is 10.0. The zero-order valence-corrected chi connectivity index (χ0v) is 10.2. The highest BCUT2D eigenvalue weighted by Crippen LogP contribution is 2.15. The molecule has 18 heavy (non-hydrogen) atoms. The van der Waals surface area contributed by atoms with E-state index in [0.29, 0.717) is 19.6 Å². The van der Waals surface area contributed by atoms with Crippen molar-refractivity contribution in [1.82, 2.24) is 10.2 Å². The number of amides is 1. The van der Waals surface area contributed by atoms with Gasteiger partial charge in [-0.05, 0) is 5.56 Å². The molecule has 0 saturated carbocycles. The van der Waals surface area contributed by atoms with Crippen LogP contribution in [0.1, 0.15) is 18.0 Å². The maximum absolute atomic E-state index is 12.0. The van der Waals surface area contributed by atoms with Crippen molar-refractivity contribution in [3.63, 3.8) is 0 Å². The first kappa shape index (κ1) is 13.0. The second-order valence-corrected chi connectivity index (χ2v) is 4.53. The van der Waals surface area contributed by atoms with Gasteiger partial charge in [-0.3, -0.25) is 10.1 Å². The molecule has 2 rings (SSSR count). The van der Waals surface area contributed by atoms with Gasteiger partial charge in [0.1, 0.15) is 6.23 Å². The summed E-state index contributed by atoms with van der Waals surface area (Å²) in [6, 6.07) is 9.30. The quantitative estimate of drug-likeness (QED) is 0.695. The molecular formula is C13H19N3O2. The number of carbonyl (C=O) groups is 1. The monoisotopic (exact) mass is 249 g/mol. The van der Waals surface area contributed by atoms with Gasteiger partial charge in [-0.15, -0.1) is 0 Å². The van der Waals surface area contributed by atoms with Crippen molar-refractivity contribution in [1.29, 1.82) is 0 Å². The molecule has 1 fully saturated rings. The summed E-state index contributed by atoms with van der Waals surface area (Å²) in [6.07, 6.45) is -0.354. The second-order valence-electron chi connectivity index (χ2n) is 4.53. The van der Waals surface area contributed by atoms with Crippen molar-refractivity contribution in [3.8, 4) is 0 Å². The lowest BCUT2D eigenvalue weighted by Gasteiger charge is -2.31. The Morgan fingerprint density at radius 2 is 2.22 bits per heavy atom. The predicted octanol–water partition coefficient (Wildman–Crippen LogP) is -0.173. The summed E-state index contributed by atoms with van der Waals surface area (Å²) in [5.41, 5.74) is 6.97. The Balaban J connectivity index is 1.91. The van der Waals surface area contributed by atoms with Crippen molar-refractivity contribution in [2.45, 2.75) is 18.7 Å². The van der Waals surface area contributed by atoms with Gasteiger partial charge in [0.15, 0.2) is 0 Å². The smallest absolute Gasteiger partial charge is 0.224 e. The molecule has 4 N–H and O–H groups in total. The maximum Gasteiger partial charge on any atom is 0.224 e. The first-order chi connectivity index (χ1) is 8.66. The molecule has 1 aromatic rings. The fourth-order valence-corrected chi connectivity index (χ4v) is 2.09. The van der Waals surface area contributed by atoms with Crippen LogP contribution in [0.2, 0.25) is 0 Å². The third-order valence-corrected chi connectivity index (χ3v) is 3.13. The number of rotatable bonds is 3. The van der Waals surface area contributed by atoms with Gasteiger partial charge in [-0.1, -0.05) is 30.3 Å². The van der Waals surface area contributed by atoms with E-state index in [1.807, 2.05) is 30.3 Å². The Hall–Kier alpha value is -1.43. The normalized spacial score (nSPS) is 21.7. The molecule has 0 spiro atoms. The summed E-state index contributed by atoms with van der Waals surface area (Å²) < 4.78 is 0. The van der Waals surface area contributed by atoms with Crippen LogP contribution >= 0.6 is 0 Å². The fourth-order valence-electron chi connectivity index (χ4n) is 2.09. The first-order valence-electron chi connectivity index (χ1n) is 6.16. The Labute approximate surface area is 107 Å². The zero-order valence-electron chi connectivity index (χ0n) is 10.2. The van der Waals surface area contributed by atoms with E-state index in [1.165, 1.54) is 0 Å². The van der Waals surface area contributed by atoms with E-state index in [1.54, 1.807) is 4.90 Å². The van der Waals surface area contributed by atoms with Gasteiger partial charge in [0.05, 0.1) is 6.54 Å². The van der Waals surface area contributed by atoms with Gasteiger partial charge in [0, 0.05) is 25.6 Å². The van der Waals surface area contributed by atoms with E-state index < -0.39 is 6.23 Å². The number of hydrogen-bond donors (Lipinski definition) is 3. The van der Waals surface area contributed by atoms with Crippen molar-refractivity contribution in [2.24, 2.45) is 5.73 Å². The molecule has 0 radical (unpaired) electrons. The van der Waals surface area contributed by atoms with E-state index in [4.69, 9.17) is 5.73 Å². The lowest BCUT2D eigenvalue weighted by Crippen LogP contribution is -2.52. The first-order valence-corrected chi connectivity index (χ1v) is 6.16. The minimum atomic E-state index is -0.629. The molecule has 1 aromatic carbocycles. The van der Waals surface area contributed by atoms with Crippen LogP contribution in [-0.4, -0.2) is 41.8 Å². The summed E-state index contributed by atoms with van der Waals surface area (Å²) in [5, 5.41) is 12.3. The molecule has 1 aliphatic heterocycles. The molecule has 0 aromatic heterocycles. The van der Waals surface area contributed by atoms with Crippen LogP contribution in [0.4, 0.5) is 0 Å². The van der Waals surface area contributed by atoms with E-state index in [0.717, 1.165) is 5.56 Å². The number of nitrogens with one attached hydrogen (secondary N) is 1. The molecule has 0 bridgehead atoms. The Morgan fingerprint density at radius 1 is 1.50 bits per heavy atom. The number of aliphatic hydroxyl groups excluding tert-OH is 1. The van der Waals surface area contributed by atoms with Crippen LogP contribution in [-0.2, 0) is 4.79 Å². The molecule has 1 aliphatic rings. The largest absolute Gasteiger partial charge is 0.377 e. The van der Waals surface area contributed by atoms with Crippen LogP contribution in [0.15, 0.2) is 30.3 Å². The summed E-state index contributed by atoms with van der Waals surface area (Å²) >= 11 is 0. The van der Waals surface area contributed by atoms with Crippen LogP contribution < -0.4 is 11.1 Å². The van der Waals surface area contributed by atoms with Gasteiger partial charge in [0.2, 0.25) is 5.91 Å². The average molecular weight is 249 g/mol. The van der Waals surface area contributed by atoms with Crippen molar-refractivity contribution in [2.75, 3.05) is 19.6 Å². The molecule has 1 saturated heterocycles. The summed E-state index contributed by atoms with van der Waals surface area (Å²) in [6.45, 7) is 1.57. The zero-order chi connectivity index (χ0) is 13.0. The lowest BCUT2D eigenvalue weighted by molar-refractivity contribution is -0.134. The van der Waals surface area contributed by atoms with Crippen LogP contribution in [0.3, 0.4) is 0 Å². The number of carbonyl (C=O) groups excluding carboxylic acids is 1. The van der Waals surface area contributed by atoms with Gasteiger partial charge < -0.3 is 15.7 Å². The molecule has 5 nitrogen and oxygen atoms in total. The molecule has 0 unspecified atom stereocenters. The highest BCUT2D eigenvalue weighted by Gasteiger charge is 2.23. The van der Waals surface area contributed by atoms with Crippen LogP contribution in [0, 0.1) is 0 Å². The maximum atomic E-state index is 12.0. The molecular weight excluding hydrogens is 230 g/mol. The summed E-state index contributed by atoms with van der Waals surface area (Å²) in [4.78, 5) is 13.7. The molecule has 1 amide bonds. The second kappa shape index (κ2) is 5.95. The van der Waals surface area contributed by atoms with Gasteiger partial charge in [0.25, 0.3) is 0 Å². The average Bonchev–Trinajstić information content (AvgIpc) is 2.39. The summed E-state index contributed by atoms with van der Waals surface area (Å²) in [5.74, 6) is -0.00750. The molecule has 5 heteroatoms. The van der Waals surface area contributed by atoms with E-state index >= 15 is 0 Å². The Morgan fingerprint density at radius 3 is 2.89 bits per heavy atom. The number of nitrogens with zero attached hydrogens (tertiary/aromatic N) is 1. The third-order valence-electron chi connectivity index (χ3n) is 3.13. The molecule has 0 aliphatic carbocycles. The Kier molecular flexibility index (Phi) is 4.30. The minimum absolute atomic E-state index is 0.00750. The third kappa shape index (κ3) is 3.29. The molecule has 2 atom stereocenters. The van der Waals surface area contributed by atoms with Gasteiger partial charge in [-0.25, -0.2) is 0 Å².